The zero-order valence-corrected chi connectivity index (χ0v) is 18.6. The van der Waals surface area contributed by atoms with Crippen molar-refractivity contribution in [1.29, 1.82) is 0 Å². The van der Waals surface area contributed by atoms with Crippen LogP contribution in [0.15, 0.2) is 121 Å². The molecule has 0 fully saturated rings. The van der Waals surface area contributed by atoms with Crippen molar-refractivity contribution in [1.82, 2.24) is 0 Å². The number of aliphatic hydroxyl groups excluding tert-OH is 1. The Balaban J connectivity index is 1.64. The maximum absolute atomic E-state index is 13.7. The fraction of sp³-hybridized carbons (Fsp3) is 0.0667. The molecule has 0 spiro atoms. The highest BCUT2D eigenvalue weighted by molar-refractivity contribution is 6.12. The number of anilines is 1. The Morgan fingerprint density at radius 1 is 0.735 bits per heavy atom. The zero-order valence-electron chi connectivity index (χ0n) is 18.6. The van der Waals surface area contributed by atoms with Gasteiger partial charge in [-0.3, -0.25) is 9.59 Å². The second-order valence-corrected chi connectivity index (χ2v) is 7.82. The number of carbonyl (C=O) groups excluding carboxylic acids is 2. The fourth-order valence-corrected chi connectivity index (χ4v) is 3.69. The first-order valence-electron chi connectivity index (χ1n) is 11.1. The van der Waals surface area contributed by atoms with E-state index in [2.05, 4.69) is 0 Å². The molecule has 0 radical (unpaired) electrons. The molecule has 4 aromatic carbocycles. The van der Waals surface area contributed by atoms with Gasteiger partial charge in [0, 0.05) is 16.8 Å². The third-order valence-electron chi connectivity index (χ3n) is 5.50. The molecule has 0 heterocycles. The lowest BCUT2D eigenvalue weighted by Gasteiger charge is -2.23. The van der Waals surface area contributed by atoms with Gasteiger partial charge in [-0.1, -0.05) is 109 Å². The molecule has 4 rings (SSSR count). The summed E-state index contributed by atoms with van der Waals surface area (Å²) < 4.78 is 0. The van der Waals surface area contributed by atoms with Gasteiger partial charge in [0.1, 0.15) is 0 Å². The number of Topliss-reactive ketones (excluding diaryl/α,β-unsaturated/α-hetero) is 1. The molecule has 168 valence electrons. The van der Waals surface area contributed by atoms with E-state index in [1.165, 1.54) is 4.90 Å². The van der Waals surface area contributed by atoms with E-state index in [9.17, 15) is 14.7 Å². The number of amides is 1. The van der Waals surface area contributed by atoms with Crippen molar-refractivity contribution in [3.63, 3.8) is 0 Å². The molecule has 1 atom stereocenters. The van der Waals surface area contributed by atoms with Gasteiger partial charge in [-0.15, -0.1) is 0 Å². The van der Waals surface area contributed by atoms with Gasteiger partial charge >= 0.3 is 0 Å². The van der Waals surface area contributed by atoms with Crippen LogP contribution in [0.2, 0.25) is 0 Å². The summed E-state index contributed by atoms with van der Waals surface area (Å²) in [4.78, 5) is 28.2. The van der Waals surface area contributed by atoms with E-state index in [1.807, 2.05) is 78.9 Å². The monoisotopic (exact) mass is 447 g/mol. The molecule has 0 bridgehead atoms. The van der Waals surface area contributed by atoms with Gasteiger partial charge in [0.2, 0.25) is 0 Å². The normalized spacial score (nSPS) is 11.8. The van der Waals surface area contributed by atoms with E-state index in [4.69, 9.17) is 0 Å². The van der Waals surface area contributed by atoms with Gasteiger partial charge < -0.3 is 10.0 Å². The fourth-order valence-electron chi connectivity index (χ4n) is 3.69. The standard InChI is InChI=1S/C30H25NO3/c32-28(24-13-4-1-5-14-24)21-20-23-12-10-11-19-27(23)30(34)31(26-17-8-3-9-18-26)22-29(33)25-15-6-2-7-16-25/h1-21,28,32H,22H2/b21-20+. The van der Waals surface area contributed by atoms with Gasteiger partial charge in [0.25, 0.3) is 5.91 Å². The number of para-hydroxylation sites is 1. The van der Waals surface area contributed by atoms with E-state index in [0.29, 0.717) is 22.4 Å². The summed E-state index contributed by atoms with van der Waals surface area (Å²) in [7, 11) is 0. The van der Waals surface area contributed by atoms with Crippen LogP contribution in [0.25, 0.3) is 6.08 Å². The number of benzene rings is 4. The quantitative estimate of drug-likeness (QED) is 0.339. The molecule has 4 aromatic rings. The van der Waals surface area contributed by atoms with Gasteiger partial charge in [0.15, 0.2) is 5.78 Å². The molecule has 4 nitrogen and oxygen atoms in total. The van der Waals surface area contributed by atoms with Crippen molar-refractivity contribution in [3.8, 4) is 0 Å². The van der Waals surface area contributed by atoms with Crippen LogP contribution in [0, 0.1) is 0 Å². The van der Waals surface area contributed by atoms with E-state index in [-0.39, 0.29) is 18.2 Å². The van der Waals surface area contributed by atoms with E-state index in [1.54, 1.807) is 48.6 Å². The predicted molar refractivity (Wildman–Crippen MR) is 136 cm³/mol. The lowest BCUT2D eigenvalue weighted by atomic mass is 10.0. The van der Waals surface area contributed by atoms with Crippen LogP contribution in [0.1, 0.15) is 37.9 Å². The molecule has 0 aliphatic heterocycles. The number of ketones is 1. The molecule has 1 unspecified atom stereocenters. The Kier molecular flexibility index (Phi) is 7.43. The number of aliphatic hydroxyl groups is 1. The average Bonchev–Trinajstić information content (AvgIpc) is 2.91. The summed E-state index contributed by atoms with van der Waals surface area (Å²) in [5.41, 5.74) is 3.07. The van der Waals surface area contributed by atoms with Gasteiger partial charge in [-0.05, 0) is 29.3 Å². The first-order chi connectivity index (χ1) is 16.6. The summed E-state index contributed by atoms with van der Waals surface area (Å²) in [5.74, 6) is -0.435. The second kappa shape index (κ2) is 11.0. The summed E-state index contributed by atoms with van der Waals surface area (Å²) in [5, 5.41) is 10.5. The molecule has 0 aliphatic rings. The Morgan fingerprint density at radius 3 is 1.97 bits per heavy atom. The third-order valence-corrected chi connectivity index (χ3v) is 5.50. The Hall–Kier alpha value is -4.28. The molecule has 34 heavy (non-hydrogen) atoms. The highest BCUT2D eigenvalue weighted by atomic mass is 16.3. The van der Waals surface area contributed by atoms with Gasteiger partial charge in [-0.25, -0.2) is 0 Å². The summed E-state index contributed by atoms with van der Waals surface area (Å²) in [6, 6.07) is 34.6. The minimum atomic E-state index is -0.797. The molecule has 0 saturated heterocycles. The molecule has 1 amide bonds. The van der Waals surface area contributed by atoms with Crippen LogP contribution in [-0.2, 0) is 0 Å². The number of hydrogen-bond acceptors (Lipinski definition) is 3. The van der Waals surface area contributed by atoms with Crippen molar-refractivity contribution >= 4 is 23.5 Å². The SMILES string of the molecule is O=C(CN(C(=O)c1ccccc1/C=C/C(O)c1ccccc1)c1ccccc1)c1ccccc1. The van der Waals surface area contributed by atoms with Crippen molar-refractivity contribution in [2.24, 2.45) is 0 Å². The van der Waals surface area contributed by atoms with Crippen molar-refractivity contribution < 1.29 is 14.7 Å². The minimum absolute atomic E-state index is 0.0858. The smallest absolute Gasteiger partial charge is 0.259 e. The summed E-state index contributed by atoms with van der Waals surface area (Å²) in [6.45, 7) is -0.0858. The van der Waals surface area contributed by atoms with E-state index < -0.39 is 6.10 Å². The molecule has 0 saturated carbocycles. The van der Waals surface area contributed by atoms with Crippen LogP contribution in [-0.4, -0.2) is 23.3 Å². The lowest BCUT2D eigenvalue weighted by molar-refractivity contribution is 0.0937. The van der Waals surface area contributed by atoms with Crippen molar-refractivity contribution in [2.75, 3.05) is 11.4 Å². The molecular weight excluding hydrogens is 422 g/mol. The highest BCUT2D eigenvalue weighted by Gasteiger charge is 2.23. The highest BCUT2D eigenvalue weighted by Crippen LogP contribution is 2.22. The molecule has 0 aliphatic carbocycles. The number of rotatable bonds is 8. The minimum Gasteiger partial charge on any atom is -0.384 e. The molecule has 4 heteroatoms. The van der Waals surface area contributed by atoms with Crippen LogP contribution < -0.4 is 4.90 Å². The van der Waals surface area contributed by atoms with Crippen LogP contribution in [0.5, 0.6) is 0 Å². The number of carbonyl (C=O) groups is 2. The lowest BCUT2D eigenvalue weighted by Crippen LogP contribution is -2.36. The first kappa shape index (κ1) is 22.9. The topological polar surface area (TPSA) is 57.6 Å². The van der Waals surface area contributed by atoms with Gasteiger partial charge in [-0.2, -0.15) is 0 Å². The average molecular weight is 448 g/mol. The summed E-state index contributed by atoms with van der Waals surface area (Å²) in [6.07, 6.45) is 2.60. The Morgan fingerprint density at radius 2 is 1.29 bits per heavy atom. The number of hydrogen-bond donors (Lipinski definition) is 1. The van der Waals surface area contributed by atoms with E-state index in [0.717, 1.165) is 5.56 Å². The largest absolute Gasteiger partial charge is 0.384 e. The maximum atomic E-state index is 13.7. The van der Waals surface area contributed by atoms with Crippen LogP contribution >= 0.6 is 0 Å². The summed E-state index contributed by atoms with van der Waals surface area (Å²) >= 11 is 0. The molecular formula is C30H25NO3. The van der Waals surface area contributed by atoms with Gasteiger partial charge in [0.05, 0.1) is 12.6 Å². The molecule has 1 N–H and O–H groups in total. The van der Waals surface area contributed by atoms with Crippen molar-refractivity contribution in [3.05, 3.63) is 144 Å². The first-order valence-corrected chi connectivity index (χ1v) is 11.1. The zero-order chi connectivity index (χ0) is 23.8. The second-order valence-electron chi connectivity index (χ2n) is 7.82. The third kappa shape index (κ3) is 5.55. The van der Waals surface area contributed by atoms with E-state index >= 15 is 0 Å². The predicted octanol–water partition coefficient (Wildman–Crippen LogP) is 5.96. The number of nitrogens with zero attached hydrogens (tertiary/aromatic N) is 1. The van der Waals surface area contributed by atoms with Crippen molar-refractivity contribution in [2.45, 2.75) is 6.10 Å². The maximum Gasteiger partial charge on any atom is 0.259 e. The van der Waals surface area contributed by atoms with Crippen LogP contribution in [0.4, 0.5) is 5.69 Å². The Bertz CT molecular complexity index is 1270. The molecule has 0 aromatic heterocycles. The van der Waals surface area contributed by atoms with Crippen LogP contribution in [0.3, 0.4) is 0 Å². The Labute approximate surface area is 199 Å².